The molecule has 0 aromatic heterocycles. The SMILES string of the molecule is C=Cc1c(N)c(C(=O)OCC)cc(C(F)(F)F)c1CN1CCCCC1. The number of benzene rings is 1. The molecule has 1 fully saturated rings. The zero-order valence-corrected chi connectivity index (χ0v) is 14.3. The summed E-state index contributed by atoms with van der Waals surface area (Å²) in [6, 6.07) is 0.805. The van der Waals surface area contributed by atoms with Gasteiger partial charge in [0.05, 0.1) is 23.4 Å². The smallest absolute Gasteiger partial charge is 0.416 e. The summed E-state index contributed by atoms with van der Waals surface area (Å²) >= 11 is 0. The van der Waals surface area contributed by atoms with Gasteiger partial charge in [-0.05, 0) is 44.5 Å². The van der Waals surface area contributed by atoms with E-state index in [0.29, 0.717) is 0 Å². The van der Waals surface area contributed by atoms with Crippen molar-refractivity contribution in [1.82, 2.24) is 4.90 Å². The number of nitrogens with two attached hydrogens (primary N) is 1. The van der Waals surface area contributed by atoms with E-state index in [9.17, 15) is 18.0 Å². The molecule has 0 spiro atoms. The summed E-state index contributed by atoms with van der Waals surface area (Å²) in [6.45, 7) is 6.85. The molecular formula is C18H23F3N2O2. The molecule has 0 amide bonds. The molecule has 0 saturated carbocycles. The molecular weight excluding hydrogens is 333 g/mol. The number of carbonyl (C=O) groups is 1. The van der Waals surface area contributed by atoms with Gasteiger partial charge < -0.3 is 10.5 Å². The Hall–Kier alpha value is -2.02. The molecule has 2 N–H and O–H groups in total. The number of halogens is 3. The highest BCUT2D eigenvalue weighted by Crippen LogP contribution is 2.38. The minimum absolute atomic E-state index is 0.0199. The van der Waals surface area contributed by atoms with E-state index in [1.165, 1.54) is 6.08 Å². The Bertz CT molecular complexity index is 651. The number of rotatable bonds is 5. The minimum atomic E-state index is -4.60. The second-order valence-corrected chi connectivity index (χ2v) is 6.04. The Morgan fingerprint density at radius 2 is 2.00 bits per heavy atom. The van der Waals surface area contributed by atoms with Gasteiger partial charge in [0.2, 0.25) is 0 Å². The normalized spacial score (nSPS) is 15.8. The lowest BCUT2D eigenvalue weighted by atomic mass is 9.93. The molecule has 1 aliphatic heterocycles. The molecule has 4 nitrogen and oxygen atoms in total. The average Bonchev–Trinajstić information content (AvgIpc) is 2.55. The number of hydrogen-bond acceptors (Lipinski definition) is 4. The van der Waals surface area contributed by atoms with E-state index < -0.39 is 17.7 Å². The van der Waals surface area contributed by atoms with Crippen LogP contribution < -0.4 is 5.73 Å². The quantitative estimate of drug-likeness (QED) is 0.638. The van der Waals surface area contributed by atoms with E-state index >= 15 is 0 Å². The fraction of sp³-hybridized carbons (Fsp3) is 0.500. The third-order valence-corrected chi connectivity index (χ3v) is 4.35. The molecule has 0 unspecified atom stereocenters. The van der Waals surface area contributed by atoms with Crippen LogP contribution in [-0.2, 0) is 17.5 Å². The Morgan fingerprint density at radius 1 is 1.36 bits per heavy atom. The lowest BCUT2D eigenvalue weighted by molar-refractivity contribution is -0.138. The lowest BCUT2D eigenvalue weighted by Gasteiger charge is -2.29. The topological polar surface area (TPSA) is 55.6 Å². The van der Waals surface area contributed by atoms with E-state index in [2.05, 4.69) is 6.58 Å². The van der Waals surface area contributed by atoms with Gasteiger partial charge >= 0.3 is 12.1 Å². The van der Waals surface area contributed by atoms with Crippen LogP contribution in [0.2, 0.25) is 0 Å². The summed E-state index contributed by atoms with van der Waals surface area (Å²) in [4.78, 5) is 14.0. The van der Waals surface area contributed by atoms with Crippen LogP contribution in [0.5, 0.6) is 0 Å². The predicted molar refractivity (Wildman–Crippen MR) is 91.0 cm³/mol. The van der Waals surface area contributed by atoms with Crippen molar-refractivity contribution < 1.29 is 22.7 Å². The van der Waals surface area contributed by atoms with Gasteiger partial charge in [-0.15, -0.1) is 0 Å². The molecule has 0 bridgehead atoms. The van der Waals surface area contributed by atoms with Crippen molar-refractivity contribution in [3.05, 3.63) is 34.9 Å². The van der Waals surface area contributed by atoms with Crippen molar-refractivity contribution in [2.75, 3.05) is 25.4 Å². The number of alkyl halides is 3. The van der Waals surface area contributed by atoms with E-state index in [1.54, 1.807) is 6.92 Å². The number of esters is 1. The maximum Gasteiger partial charge on any atom is 0.416 e. The molecule has 1 aromatic rings. The molecule has 1 heterocycles. The van der Waals surface area contributed by atoms with Crippen molar-refractivity contribution in [2.24, 2.45) is 0 Å². The van der Waals surface area contributed by atoms with E-state index in [1.807, 2.05) is 4.90 Å². The molecule has 7 heteroatoms. The molecule has 1 aromatic carbocycles. The first-order valence-electron chi connectivity index (χ1n) is 8.34. The number of hydrogen-bond donors (Lipinski definition) is 1. The standard InChI is InChI=1S/C18H23F3N2O2/c1-3-12-14(11-23-8-6-5-7-9-23)15(18(19,20)21)10-13(16(12)22)17(24)25-4-2/h3,10H,1,4-9,11,22H2,2H3. The summed E-state index contributed by atoms with van der Waals surface area (Å²) in [7, 11) is 0. The van der Waals surface area contributed by atoms with Crippen molar-refractivity contribution in [2.45, 2.75) is 38.9 Å². The number of carbonyl (C=O) groups excluding carboxylic acids is 1. The van der Waals surface area contributed by atoms with Gasteiger partial charge in [0, 0.05) is 12.1 Å². The first-order chi connectivity index (χ1) is 11.8. The van der Waals surface area contributed by atoms with Crippen LogP contribution in [0.3, 0.4) is 0 Å². The zero-order chi connectivity index (χ0) is 18.6. The van der Waals surface area contributed by atoms with Crippen LogP contribution >= 0.6 is 0 Å². The highest BCUT2D eigenvalue weighted by atomic mass is 19.4. The second-order valence-electron chi connectivity index (χ2n) is 6.04. The van der Waals surface area contributed by atoms with Crippen LogP contribution in [0.4, 0.5) is 18.9 Å². The van der Waals surface area contributed by atoms with Crippen LogP contribution in [0.15, 0.2) is 12.6 Å². The summed E-state index contributed by atoms with van der Waals surface area (Å²) in [5, 5.41) is 0. The number of nitrogens with zero attached hydrogens (tertiary/aromatic N) is 1. The van der Waals surface area contributed by atoms with Crippen LogP contribution in [-0.4, -0.2) is 30.6 Å². The second kappa shape index (κ2) is 7.91. The van der Waals surface area contributed by atoms with Gasteiger partial charge in [-0.25, -0.2) is 4.79 Å². The summed E-state index contributed by atoms with van der Waals surface area (Å²) in [6.07, 6.45) is -0.312. The Morgan fingerprint density at radius 3 is 2.52 bits per heavy atom. The van der Waals surface area contributed by atoms with Gasteiger partial charge in [-0.2, -0.15) is 13.2 Å². The van der Waals surface area contributed by atoms with Crippen LogP contribution in [0.1, 0.15) is 53.2 Å². The summed E-state index contributed by atoms with van der Waals surface area (Å²) < 4.78 is 45.7. The average molecular weight is 356 g/mol. The van der Waals surface area contributed by atoms with Gasteiger partial charge in [-0.1, -0.05) is 19.1 Å². The zero-order valence-electron chi connectivity index (χ0n) is 14.3. The highest BCUT2D eigenvalue weighted by molar-refractivity contribution is 5.98. The van der Waals surface area contributed by atoms with Gasteiger partial charge in [0.25, 0.3) is 0 Å². The highest BCUT2D eigenvalue weighted by Gasteiger charge is 2.37. The third kappa shape index (κ3) is 4.34. The predicted octanol–water partition coefficient (Wildman–Crippen LogP) is 4.09. The number of ether oxygens (including phenoxy) is 1. The molecule has 1 saturated heterocycles. The molecule has 25 heavy (non-hydrogen) atoms. The van der Waals surface area contributed by atoms with Crippen LogP contribution in [0.25, 0.3) is 6.08 Å². The van der Waals surface area contributed by atoms with E-state index in [4.69, 9.17) is 10.5 Å². The molecule has 2 rings (SSSR count). The summed E-state index contributed by atoms with van der Waals surface area (Å²) in [5.41, 5.74) is 5.06. The molecule has 0 atom stereocenters. The fourth-order valence-electron chi connectivity index (χ4n) is 3.14. The molecule has 1 aliphatic rings. The first kappa shape index (κ1) is 19.3. The maximum absolute atomic E-state index is 13.6. The van der Waals surface area contributed by atoms with Crippen molar-refractivity contribution in [3.8, 4) is 0 Å². The van der Waals surface area contributed by atoms with Gasteiger partial charge in [0.1, 0.15) is 0 Å². The largest absolute Gasteiger partial charge is 0.462 e. The third-order valence-electron chi connectivity index (χ3n) is 4.35. The Kier molecular flexibility index (Phi) is 6.11. The molecule has 0 aliphatic carbocycles. The number of likely N-dealkylation sites (tertiary alicyclic amines) is 1. The van der Waals surface area contributed by atoms with E-state index in [0.717, 1.165) is 38.4 Å². The maximum atomic E-state index is 13.6. The lowest BCUT2D eigenvalue weighted by Crippen LogP contribution is -2.31. The summed E-state index contributed by atoms with van der Waals surface area (Å²) in [5.74, 6) is -0.863. The number of nitrogen functional groups attached to an aromatic ring is 1. The number of piperidine rings is 1. The minimum Gasteiger partial charge on any atom is -0.462 e. The van der Waals surface area contributed by atoms with Crippen LogP contribution in [0, 0.1) is 0 Å². The monoisotopic (exact) mass is 356 g/mol. The first-order valence-corrected chi connectivity index (χ1v) is 8.34. The molecule has 138 valence electrons. The van der Waals surface area contributed by atoms with E-state index in [-0.39, 0.29) is 35.5 Å². The number of anilines is 1. The Balaban J connectivity index is 2.56. The van der Waals surface area contributed by atoms with Crippen molar-refractivity contribution >= 4 is 17.7 Å². The van der Waals surface area contributed by atoms with Gasteiger partial charge in [-0.3, -0.25) is 4.90 Å². The van der Waals surface area contributed by atoms with Gasteiger partial charge in [0.15, 0.2) is 0 Å². The Labute approximate surface area is 145 Å². The van der Waals surface area contributed by atoms with Crippen molar-refractivity contribution in [1.29, 1.82) is 0 Å². The fourth-order valence-corrected chi connectivity index (χ4v) is 3.14. The molecule has 0 radical (unpaired) electrons. The van der Waals surface area contributed by atoms with Crippen molar-refractivity contribution in [3.63, 3.8) is 0 Å².